The molecule has 5 nitrogen and oxygen atoms in total. The first-order valence-electron chi connectivity index (χ1n) is 7.21. The van der Waals surface area contributed by atoms with Gasteiger partial charge in [-0.1, -0.05) is 6.92 Å². The molecule has 1 aliphatic rings. The van der Waals surface area contributed by atoms with Gasteiger partial charge in [-0.05, 0) is 38.6 Å². The topological polar surface area (TPSA) is 58.9 Å². The summed E-state index contributed by atoms with van der Waals surface area (Å²) in [7, 11) is 1.87. The molecule has 1 aliphatic carbocycles. The summed E-state index contributed by atoms with van der Waals surface area (Å²) in [6, 6.07) is 0.928. The lowest BCUT2D eigenvalue weighted by Crippen LogP contribution is -2.42. The summed E-state index contributed by atoms with van der Waals surface area (Å²) in [4.78, 5) is 16.1. The molecule has 0 aliphatic heterocycles. The molecule has 106 valence electrons. The molecular weight excluding hydrogens is 240 g/mol. The minimum absolute atomic E-state index is 0.0504. The van der Waals surface area contributed by atoms with E-state index < -0.39 is 0 Å². The van der Waals surface area contributed by atoms with Gasteiger partial charge in [0.1, 0.15) is 5.69 Å². The van der Waals surface area contributed by atoms with Crippen LogP contribution in [0.3, 0.4) is 0 Å². The lowest BCUT2D eigenvalue weighted by molar-refractivity contribution is 0.0919. The second kappa shape index (κ2) is 6.70. The molecule has 0 unspecified atom stereocenters. The Kier molecular flexibility index (Phi) is 4.96. The van der Waals surface area contributed by atoms with Crippen LogP contribution in [0.25, 0.3) is 0 Å². The average Bonchev–Trinajstić information content (AvgIpc) is 2.85. The van der Waals surface area contributed by atoms with Crippen molar-refractivity contribution in [3.05, 3.63) is 18.2 Å². The van der Waals surface area contributed by atoms with Gasteiger partial charge in [-0.2, -0.15) is 0 Å². The zero-order valence-corrected chi connectivity index (χ0v) is 11.9. The van der Waals surface area contributed by atoms with E-state index in [0.29, 0.717) is 17.8 Å². The van der Waals surface area contributed by atoms with E-state index >= 15 is 0 Å². The highest BCUT2D eigenvalue weighted by atomic mass is 16.2. The Balaban J connectivity index is 1.75. The van der Waals surface area contributed by atoms with E-state index in [4.69, 9.17) is 0 Å². The predicted molar refractivity (Wildman–Crippen MR) is 75.0 cm³/mol. The zero-order valence-electron chi connectivity index (χ0n) is 11.9. The molecule has 0 spiro atoms. The van der Waals surface area contributed by atoms with Crippen LogP contribution in [0, 0.1) is 0 Å². The van der Waals surface area contributed by atoms with Crippen molar-refractivity contribution >= 4 is 5.91 Å². The molecule has 0 atom stereocenters. The van der Waals surface area contributed by atoms with Crippen LogP contribution in [0.15, 0.2) is 12.5 Å². The standard InChI is InChI=1S/C14H24N4O/c1-3-8-15-11-4-6-12(7-5-11)17-14(19)13-9-18(2)10-16-13/h9-12,15H,3-8H2,1-2H3,(H,17,19). The van der Waals surface area contributed by atoms with Crippen LogP contribution in [0.1, 0.15) is 49.5 Å². The molecule has 5 heteroatoms. The lowest BCUT2D eigenvalue weighted by Gasteiger charge is -2.29. The van der Waals surface area contributed by atoms with Crippen LogP contribution >= 0.6 is 0 Å². The van der Waals surface area contributed by atoms with Crippen molar-refractivity contribution in [3.8, 4) is 0 Å². The van der Waals surface area contributed by atoms with Gasteiger partial charge >= 0.3 is 0 Å². The van der Waals surface area contributed by atoms with Gasteiger partial charge in [-0.3, -0.25) is 4.79 Å². The first-order valence-corrected chi connectivity index (χ1v) is 7.21. The molecule has 0 bridgehead atoms. The van der Waals surface area contributed by atoms with Gasteiger partial charge in [0, 0.05) is 25.3 Å². The second-order valence-electron chi connectivity index (χ2n) is 5.40. The maximum Gasteiger partial charge on any atom is 0.271 e. The third-order valence-electron chi connectivity index (χ3n) is 3.68. The molecule has 0 saturated heterocycles. The Labute approximate surface area is 114 Å². The number of carbonyl (C=O) groups excluding carboxylic acids is 1. The van der Waals surface area contributed by atoms with Gasteiger partial charge in [-0.25, -0.2) is 4.98 Å². The molecule has 1 amide bonds. The fraction of sp³-hybridized carbons (Fsp3) is 0.714. The van der Waals surface area contributed by atoms with Gasteiger partial charge < -0.3 is 15.2 Å². The number of imidazole rings is 1. The number of hydrogen-bond donors (Lipinski definition) is 2. The molecular formula is C14H24N4O. The Morgan fingerprint density at radius 2 is 2.05 bits per heavy atom. The molecule has 0 aromatic carbocycles. The summed E-state index contributed by atoms with van der Waals surface area (Å²) in [6.07, 6.45) is 8.99. The smallest absolute Gasteiger partial charge is 0.271 e. The Morgan fingerprint density at radius 1 is 1.37 bits per heavy atom. The maximum absolute atomic E-state index is 12.0. The predicted octanol–water partition coefficient (Wildman–Crippen LogP) is 1.46. The Bertz CT molecular complexity index is 407. The van der Waals surface area contributed by atoms with E-state index in [1.807, 2.05) is 7.05 Å². The number of aromatic nitrogens is 2. The largest absolute Gasteiger partial charge is 0.348 e. The number of hydrogen-bond acceptors (Lipinski definition) is 3. The number of aryl methyl sites for hydroxylation is 1. The molecule has 1 heterocycles. The summed E-state index contributed by atoms with van der Waals surface area (Å²) >= 11 is 0. The van der Waals surface area contributed by atoms with E-state index in [0.717, 1.165) is 32.2 Å². The molecule has 1 saturated carbocycles. The minimum atomic E-state index is -0.0504. The third-order valence-corrected chi connectivity index (χ3v) is 3.68. The van der Waals surface area contributed by atoms with E-state index in [9.17, 15) is 4.79 Å². The normalized spacial score (nSPS) is 23.3. The van der Waals surface area contributed by atoms with Crippen molar-refractivity contribution in [1.82, 2.24) is 20.2 Å². The molecule has 19 heavy (non-hydrogen) atoms. The monoisotopic (exact) mass is 264 g/mol. The molecule has 2 N–H and O–H groups in total. The number of amides is 1. The average molecular weight is 264 g/mol. The zero-order chi connectivity index (χ0) is 13.7. The summed E-state index contributed by atoms with van der Waals surface area (Å²) in [5.74, 6) is -0.0504. The van der Waals surface area contributed by atoms with Crippen LogP contribution in [0.2, 0.25) is 0 Å². The Morgan fingerprint density at radius 3 is 2.63 bits per heavy atom. The van der Waals surface area contributed by atoms with Crippen LogP contribution in [0.5, 0.6) is 0 Å². The van der Waals surface area contributed by atoms with Crippen molar-refractivity contribution < 1.29 is 4.79 Å². The number of rotatable bonds is 5. The minimum Gasteiger partial charge on any atom is -0.348 e. The first kappa shape index (κ1) is 14.1. The third kappa shape index (κ3) is 4.06. The van der Waals surface area contributed by atoms with Crippen molar-refractivity contribution in [3.63, 3.8) is 0 Å². The van der Waals surface area contributed by atoms with Gasteiger partial charge in [-0.15, -0.1) is 0 Å². The lowest BCUT2D eigenvalue weighted by atomic mass is 9.91. The van der Waals surface area contributed by atoms with E-state index in [-0.39, 0.29) is 5.91 Å². The summed E-state index contributed by atoms with van der Waals surface area (Å²) in [5.41, 5.74) is 0.508. The van der Waals surface area contributed by atoms with E-state index in [2.05, 4.69) is 22.5 Å². The quantitative estimate of drug-likeness (QED) is 0.846. The fourth-order valence-electron chi connectivity index (χ4n) is 2.58. The summed E-state index contributed by atoms with van der Waals surface area (Å²) in [6.45, 7) is 3.28. The molecule has 2 rings (SSSR count). The maximum atomic E-state index is 12.0. The highest BCUT2D eigenvalue weighted by Gasteiger charge is 2.22. The van der Waals surface area contributed by atoms with Crippen molar-refractivity contribution in [2.75, 3.05) is 6.54 Å². The van der Waals surface area contributed by atoms with Crippen LogP contribution in [-0.2, 0) is 7.05 Å². The molecule has 1 aromatic rings. The first-order chi connectivity index (χ1) is 9.19. The van der Waals surface area contributed by atoms with E-state index in [1.54, 1.807) is 17.1 Å². The van der Waals surface area contributed by atoms with Crippen molar-refractivity contribution in [1.29, 1.82) is 0 Å². The number of carbonyl (C=O) groups is 1. The summed E-state index contributed by atoms with van der Waals surface area (Å²) in [5, 5.41) is 6.63. The SMILES string of the molecule is CCCNC1CCC(NC(=O)c2cn(C)cn2)CC1. The van der Waals surface area contributed by atoms with Crippen molar-refractivity contribution in [2.24, 2.45) is 7.05 Å². The highest BCUT2D eigenvalue weighted by Crippen LogP contribution is 2.19. The highest BCUT2D eigenvalue weighted by molar-refractivity contribution is 5.92. The fourth-order valence-corrected chi connectivity index (χ4v) is 2.58. The second-order valence-corrected chi connectivity index (χ2v) is 5.40. The van der Waals surface area contributed by atoms with Gasteiger partial charge in [0.25, 0.3) is 5.91 Å². The molecule has 1 aromatic heterocycles. The van der Waals surface area contributed by atoms with Gasteiger partial charge in [0.2, 0.25) is 0 Å². The molecule has 0 radical (unpaired) electrons. The van der Waals surface area contributed by atoms with Crippen molar-refractivity contribution in [2.45, 2.75) is 51.1 Å². The van der Waals surface area contributed by atoms with Crippen LogP contribution in [0.4, 0.5) is 0 Å². The van der Waals surface area contributed by atoms with Crippen LogP contribution < -0.4 is 10.6 Å². The van der Waals surface area contributed by atoms with Gasteiger partial charge in [0.15, 0.2) is 0 Å². The van der Waals surface area contributed by atoms with E-state index in [1.165, 1.54) is 6.42 Å². The molecule has 1 fully saturated rings. The summed E-state index contributed by atoms with van der Waals surface area (Å²) < 4.78 is 1.79. The number of nitrogens with one attached hydrogen (secondary N) is 2. The van der Waals surface area contributed by atoms with Gasteiger partial charge in [0.05, 0.1) is 6.33 Å². The Hall–Kier alpha value is -1.36. The van der Waals surface area contributed by atoms with Crippen LogP contribution in [-0.4, -0.2) is 34.1 Å². The number of nitrogens with zero attached hydrogens (tertiary/aromatic N) is 2.